The van der Waals surface area contributed by atoms with Crippen LogP contribution in [0.1, 0.15) is 31.2 Å². The molecule has 1 heterocycles. The Balaban J connectivity index is 1.43. The Morgan fingerprint density at radius 3 is 2.40 bits per heavy atom. The summed E-state index contributed by atoms with van der Waals surface area (Å²) in [6.45, 7) is 5.83. The van der Waals surface area contributed by atoms with Crippen LogP contribution >= 0.6 is 11.6 Å². The number of halogens is 1. The molecule has 4 rings (SSSR count). The van der Waals surface area contributed by atoms with Crippen molar-refractivity contribution in [2.24, 2.45) is 0 Å². The first kappa shape index (κ1) is 21.6. The number of rotatable bonds is 5. The first-order chi connectivity index (χ1) is 14.4. The van der Waals surface area contributed by atoms with Crippen LogP contribution in [0, 0.1) is 6.92 Å². The maximum absolute atomic E-state index is 12.9. The van der Waals surface area contributed by atoms with E-state index in [9.17, 15) is 8.42 Å². The van der Waals surface area contributed by atoms with Gasteiger partial charge in [-0.25, -0.2) is 13.1 Å². The summed E-state index contributed by atoms with van der Waals surface area (Å²) in [7, 11) is -3.50. The molecule has 2 fully saturated rings. The van der Waals surface area contributed by atoms with E-state index in [2.05, 4.69) is 27.5 Å². The van der Waals surface area contributed by atoms with E-state index in [0.29, 0.717) is 4.90 Å². The summed E-state index contributed by atoms with van der Waals surface area (Å²) in [5, 5.41) is 0.765. The van der Waals surface area contributed by atoms with Crippen molar-refractivity contribution in [1.29, 1.82) is 0 Å². The Morgan fingerprint density at radius 2 is 1.67 bits per heavy atom. The van der Waals surface area contributed by atoms with E-state index < -0.39 is 10.0 Å². The number of nitrogens with zero attached hydrogens (tertiary/aromatic N) is 2. The molecule has 0 aromatic heterocycles. The largest absolute Gasteiger partial charge is 0.369 e. The van der Waals surface area contributed by atoms with Crippen LogP contribution in [0.5, 0.6) is 0 Å². The van der Waals surface area contributed by atoms with Crippen LogP contribution in [-0.2, 0) is 10.0 Å². The molecule has 7 heteroatoms. The van der Waals surface area contributed by atoms with Crippen LogP contribution in [-0.4, -0.2) is 51.6 Å². The van der Waals surface area contributed by atoms with Gasteiger partial charge in [-0.2, -0.15) is 0 Å². The Kier molecular flexibility index (Phi) is 6.68. The van der Waals surface area contributed by atoms with Crippen LogP contribution in [0.25, 0.3) is 0 Å². The molecule has 0 bridgehead atoms. The summed E-state index contributed by atoms with van der Waals surface area (Å²) in [4.78, 5) is 5.22. The van der Waals surface area contributed by atoms with Crippen molar-refractivity contribution in [2.75, 3.05) is 31.1 Å². The molecule has 2 aliphatic rings. The van der Waals surface area contributed by atoms with Crippen LogP contribution in [0.15, 0.2) is 53.4 Å². The summed E-state index contributed by atoms with van der Waals surface area (Å²) in [6, 6.07) is 14.9. The molecule has 2 atom stereocenters. The molecule has 162 valence electrons. The van der Waals surface area contributed by atoms with Crippen LogP contribution in [0.3, 0.4) is 0 Å². The second-order valence-electron chi connectivity index (χ2n) is 8.35. The van der Waals surface area contributed by atoms with Gasteiger partial charge in [-0.05, 0) is 49.6 Å². The molecule has 2 aromatic carbocycles. The second kappa shape index (κ2) is 9.27. The highest BCUT2D eigenvalue weighted by Crippen LogP contribution is 2.29. The van der Waals surface area contributed by atoms with Crippen molar-refractivity contribution in [3.05, 3.63) is 59.1 Å². The van der Waals surface area contributed by atoms with Gasteiger partial charge in [-0.15, -0.1) is 0 Å². The highest BCUT2D eigenvalue weighted by Gasteiger charge is 2.34. The third kappa shape index (κ3) is 4.83. The average Bonchev–Trinajstić information content (AvgIpc) is 2.76. The van der Waals surface area contributed by atoms with Gasteiger partial charge in [0.15, 0.2) is 0 Å². The molecule has 30 heavy (non-hydrogen) atoms. The molecule has 1 saturated carbocycles. The molecule has 1 saturated heterocycles. The van der Waals surface area contributed by atoms with Crippen molar-refractivity contribution in [2.45, 2.75) is 49.6 Å². The summed E-state index contributed by atoms with van der Waals surface area (Å²) >= 11 is 6.22. The van der Waals surface area contributed by atoms with E-state index >= 15 is 0 Å². The molecule has 1 aliphatic carbocycles. The maximum atomic E-state index is 12.9. The molecule has 1 aliphatic heterocycles. The molecule has 0 unspecified atom stereocenters. The van der Waals surface area contributed by atoms with Gasteiger partial charge in [0.25, 0.3) is 0 Å². The van der Waals surface area contributed by atoms with E-state index in [-0.39, 0.29) is 12.1 Å². The van der Waals surface area contributed by atoms with Gasteiger partial charge >= 0.3 is 0 Å². The third-order valence-corrected chi connectivity index (χ3v) is 8.13. The van der Waals surface area contributed by atoms with Gasteiger partial charge in [0.2, 0.25) is 10.0 Å². The molecule has 0 radical (unpaired) electrons. The van der Waals surface area contributed by atoms with Crippen molar-refractivity contribution in [3.63, 3.8) is 0 Å². The number of hydrogen-bond donors (Lipinski definition) is 1. The zero-order valence-electron chi connectivity index (χ0n) is 17.4. The van der Waals surface area contributed by atoms with Gasteiger partial charge in [0.05, 0.1) is 4.90 Å². The zero-order chi connectivity index (χ0) is 21.1. The van der Waals surface area contributed by atoms with Crippen LogP contribution in [0.4, 0.5) is 5.69 Å². The number of benzene rings is 2. The van der Waals surface area contributed by atoms with E-state index in [1.807, 2.05) is 18.2 Å². The molecule has 1 N–H and O–H groups in total. The monoisotopic (exact) mass is 447 g/mol. The second-order valence-corrected chi connectivity index (χ2v) is 10.5. The molecule has 0 spiro atoms. The first-order valence-electron chi connectivity index (χ1n) is 10.8. The maximum Gasteiger partial charge on any atom is 0.240 e. The number of anilines is 1. The lowest BCUT2D eigenvalue weighted by Gasteiger charge is -2.45. The molecule has 0 amide bonds. The summed E-state index contributed by atoms with van der Waals surface area (Å²) in [5.74, 6) is 0. The quantitative estimate of drug-likeness (QED) is 0.750. The van der Waals surface area contributed by atoms with E-state index in [0.717, 1.165) is 56.9 Å². The Morgan fingerprint density at radius 1 is 0.967 bits per heavy atom. The molecular weight excluding hydrogens is 418 g/mol. The zero-order valence-corrected chi connectivity index (χ0v) is 19.0. The highest BCUT2D eigenvalue weighted by atomic mass is 35.5. The molecule has 5 nitrogen and oxygen atoms in total. The van der Waals surface area contributed by atoms with E-state index in [4.69, 9.17) is 11.6 Å². The first-order valence-corrected chi connectivity index (χ1v) is 12.6. The lowest BCUT2D eigenvalue weighted by atomic mass is 9.89. The minimum Gasteiger partial charge on any atom is -0.369 e. The van der Waals surface area contributed by atoms with Crippen molar-refractivity contribution < 1.29 is 8.42 Å². The highest BCUT2D eigenvalue weighted by molar-refractivity contribution is 7.89. The lowest BCUT2D eigenvalue weighted by Crippen LogP contribution is -2.58. The number of piperazine rings is 1. The minimum atomic E-state index is -3.50. The fourth-order valence-corrected chi connectivity index (χ4v) is 6.26. The smallest absolute Gasteiger partial charge is 0.240 e. The number of nitrogens with one attached hydrogen (secondary N) is 1. The molecular formula is C23H30ClN3O2S. The fraction of sp³-hybridized carbons (Fsp3) is 0.478. The Labute approximate surface area is 185 Å². The van der Waals surface area contributed by atoms with Crippen molar-refractivity contribution in [3.8, 4) is 0 Å². The summed E-state index contributed by atoms with van der Waals surface area (Å²) < 4.78 is 28.8. The topological polar surface area (TPSA) is 52.6 Å². The Hall–Kier alpha value is -1.60. The number of sulfonamides is 1. The lowest BCUT2D eigenvalue weighted by molar-refractivity contribution is 0.124. The van der Waals surface area contributed by atoms with Crippen molar-refractivity contribution in [1.82, 2.24) is 9.62 Å². The average molecular weight is 448 g/mol. The normalized spacial score (nSPS) is 23.5. The summed E-state index contributed by atoms with van der Waals surface area (Å²) in [6.07, 6.45) is 4.16. The van der Waals surface area contributed by atoms with Crippen molar-refractivity contribution >= 4 is 27.3 Å². The minimum absolute atomic E-state index is 0.0385. The standard InChI is InChI=1S/C23H30ClN3O2S/c1-18-11-12-19(24)17-23(18)27-15-13-26(14-16-27)22-10-6-5-9-21(22)25-30(28,29)20-7-3-2-4-8-20/h2-4,7-8,11-12,17,21-22,25H,5-6,9-10,13-16H2,1H3/t21-,22-/m1/s1. The number of hydrogen-bond acceptors (Lipinski definition) is 4. The van der Waals surface area contributed by atoms with Crippen LogP contribution < -0.4 is 9.62 Å². The Bertz CT molecular complexity index is 960. The number of aryl methyl sites for hydroxylation is 1. The predicted molar refractivity (Wildman–Crippen MR) is 123 cm³/mol. The summed E-state index contributed by atoms with van der Waals surface area (Å²) in [5.41, 5.74) is 2.44. The van der Waals surface area contributed by atoms with Gasteiger partial charge in [0.1, 0.15) is 0 Å². The fourth-order valence-electron chi connectivity index (χ4n) is 4.77. The van der Waals surface area contributed by atoms with Gasteiger partial charge in [0, 0.05) is 49.0 Å². The predicted octanol–water partition coefficient (Wildman–Crippen LogP) is 4.06. The van der Waals surface area contributed by atoms with Gasteiger partial charge < -0.3 is 4.90 Å². The third-order valence-electron chi connectivity index (χ3n) is 6.38. The van der Waals surface area contributed by atoms with E-state index in [1.54, 1.807) is 24.3 Å². The van der Waals surface area contributed by atoms with Crippen LogP contribution in [0.2, 0.25) is 5.02 Å². The SMILES string of the molecule is Cc1ccc(Cl)cc1N1CCN([C@@H]2CCCC[C@H]2NS(=O)(=O)c2ccccc2)CC1. The van der Waals surface area contributed by atoms with Gasteiger partial charge in [-0.1, -0.05) is 48.7 Å². The molecule has 2 aromatic rings. The van der Waals surface area contributed by atoms with Gasteiger partial charge in [-0.3, -0.25) is 4.90 Å². The van der Waals surface area contributed by atoms with E-state index in [1.165, 1.54) is 11.3 Å².